The Morgan fingerprint density at radius 3 is 2.53 bits per heavy atom. The summed E-state index contributed by atoms with van der Waals surface area (Å²) >= 11 is 0. The van der Waals surface area contributed by atoms with Crippen LogP contribution in [0.1, 0.15) is 31.2 Å². The van der Waals surface area contributed by atoms with Gasteiger partial charge in [0.25, 0.3) is 0 Å². The molecule has 2 rings (SSSR count). The van der Waals surface area contributed by atoms with Gasteiger partial charge < -0.3 is 5.73 Å². The van der Waals surface area contributed by atoms with Crippen LogP contribution < -0.4 is 5.73 Å². The lowest BCUT2D eigenvalue weighted by Crippen LogP contribution is -2.20. The lowest BCUT2D eigenvalue weighted by atomic mass is 10.2. The Morgan fingerprint density at radius 2 is 1.94 bits per heavy atom. The molecular formula is C12H16FNO2S. The van der Waals surface area contributed by atoms with Crippen LogP contribution >= 0.6 is 0 Å². The van der Waals surface area contributed by atoms with Gasteiger partial charge in [-0.1, -0.05) is 18.9 Å². The third kappa shape index (κ3) is 2.60. The summed E-state index contributed by atoms with van der Waals surface area (Å²) in [6, 6.07) is 4.26. The highest BCUT2D eigenvalue weighted by molar-refractivity contribution is 7.91. The quantitative estimate of drug-likeness (QED) is 0.845. The predicted octanol–water partition coefficient (Wildman–Crippen LogP) is 2.27. The van der Waals surface area contributed by atoms with E-state index in [1.807, 2.05) is 0 Å². The first-order chi connectivity index (χ1) is 8.00. The van der Waals surface area contributed by atoms with Crippen LogP contribution in [-0.2, 0) is 15.6 Å². The molecular weight excluding hydrogens is 241 g/mol. The first-order valence-electron chi connectivity index (χ1n) is 5.75. The summed E-state index contributed by atoms with van der Waals surface area (Å²) in [4.78, 5) is 0. The third-order valence-corrected chi connectivity index (χ3v) is 5.49. The molecule has 0 radical (unpaired) electrons. The van der Waals surface area contributed by atoms with Crippen molar-refractivity contribution < 1.29 is 12.8 Å². The highest BCUT2D eigenvalue weighted by atomic mass is 32.2. The van der Waals surface area contributed by atoms with Crippen LogP contribution in [0.2, 0.25) is 0 Å². The van der Waals surface area contributed by atoms with Crippen molar-refractivity contribution in [1.29, 1.82) is 0 Å². The fraction of sp³-hybridized carbons (Fsp3) is 0.500. The van der Waals surface area contributed by atoms with Gasteiger partial charge in [0, 0.05) is 11.3 Å². The number of sulfone groups is 1. The first kappa shape index (κ1) is 12.4. The summed E-state index contributed by atoms with van der Waals surface area (Å²) in [6.07, 6.45) is 3.26. The normalized spacial score (nSPS) is 17.5. The molecule has 1 aromatic carbocycles. The van der Waals surface area contributed by atoms with E-state index in [0.717, 1.165) is 12.8 Å². The van der Waals surface area contributed by atoms with Crippen molar-refractivity contribution in [1.82, 2.24) is 0 Å². The largest absolute Gasteiger partial charge is 0.398 e. The maximum Gasteiger partial charge on any atom is 0.157 e. The number of nitrogens with two attached hydrogens (primary N) is 1. The molecule has 0 aromatic heterocycles. The fourth-order valence-electron chi connectivity index (χ4n) is 2.29. The minimum Gasteiger partial charge on any atom is -0.398 e. The second-order valence-electron chi connectivity index (χ2n) is 4.52. The summed E-state index contributed by atoms with van der Waals surface area (Å²) in [5.41, 5.74) is 5.95. The zero-order valence-corrected chi connectivity index (χ0v) is 10.3. The van der Waals surface area contributed by atoms with Crippen LogP contribution in [0.5, 0.6) is 0 Å². The van der Waals surface area contributed by atoms with Gasteiger partial charge in [-0.2, -0.15) is 0 Å². The minimum absolute atomic E-state index is 0.111. The summed E-state index contributed by atoms with van der Waals surface area (Å²) in [7, 11) is -3.28. The van der Waals surface area contributed by atoms with Crippen LogP contribution in [0.4, 0.5) is 10.1 Å². The molecule has 1 aromatic rings. The van der Waals surface area contributed by atoms with Gasteiger partial charge in [0.1, 0.15) is 5.82 Å². The lowest BCUT2D eigenvalue weighted by Gasteiger charge is -2.12. The Kier molecular flexibility index (Phi) is 3.38. The zero-order chi connectivity index (χ0) is 12.5. The van der Waals surface area contributed by atoms with Gasteiger partial charge in [-0.15, -0.1) is 0 Å². The standard InChI is InChI=1S/C12H16FNO2S/c13-11-6-3-7-12(14)10(11)8-17(15,16)9-4-1-2-5-9/h3,6-7,9H,1-2,4-5,8,14H2. The van der Waals surface area contributed by atoms with Gasteiger partial charge in [-0.25, -0.2) is 12.8 Å². The molecule has 1 aliphatic rings. The summed E-state index contributed by atoms with van der Waals surface area (Å²) in [5, 5.41) is -0.318. The molecule has 0 unspecified atom stereocenters. The van der Waals surface area contributed by atoms with Crippen LogP contribution in [-0.4, -0.2) is 13.7 Å². The summed E-state index contributed by atoms with van der Waals surface area (Å²) < 4.78 is 37.7. The summed E-state index contributed by atoms with van der Waals surface area (Å²) in [6.45, 7) is 0. The molecule has 0 heterocycles. The van der Waals surface area contributed by atoms with E-state index in [9.17, 15) is 12.8 Å². The van der Waals surface area contributed by atoms with Crippen LogP contribution in [0.15, 0.2) is 18.2 Å². The van der Waals surface area contributed by atoms with Gasteiger partial charge in [0.15, 0.2) is 9.84 Å². The minimum atomic E-state index is -3.28. The van der Waals surface area contributed by atoms with E-state index in [0.29, 0.717) is 12.8 Å². The molecule has 0 bridgehead atoms. The molecule has 1 saturated carbocycles. The Balaban J connectivity index is 2.26. The number of halogens is 1. The van der Waals surface area contributed by atoms with E-state index >= 15 is 0 Å². The highest BCUT2D eigenvalue weighted by Crippen LogP contribution is 2.29. The van der Waals surface area contributed by atoms with Crippen LogP contribution in [0, 0.1) is 5.82 Å². The van der Waals surface area contributed by atoms with Crippen molar-refractivity contribution in [3.63, 3.8) is 0 Å². The van der Waals surface area contributed by atoms with Gasteiger partial charge in [-0.05, 0) is 25.0 Å². The molecule has 0 amide bonds. The number of benzene rings is 1. The average molecular weight is 257 g/mol. The topological polar surface area (TPSA) is 60.2 Å². The van der Waals surface area contributed by atoms with Crippen LogP contribution in [0.25, 0.3) is 0 Å². The molecule has 0 spiro atoms. The van der Waals surface area contributed by atoms with Crippen LogP contribution in [0.3, 0.4) is 0 Å². The molecule has 2 N–H and O–H groups in total. The SMILES string of the molecule is Nc1cccc(F)c1CS(=O)(=O)C1CCCC1. The molecule has 0 atom stereocenters. The highest BCUT2D eigenvalue weighted by Gasteiger charge is 2.30. The van der Waals surface area contributed by atoms with Gasteiger partial charge in [0.05, 0.1) is 11.0 Å². The second kappa shape index (κ2) is 4.64. The van der Waals surface area contributed by atoms with Crippen molar-refractivity contribution in [2.45, 2.75) is 36.7 Å². The van der Waals surface area contributed by atoms with Crippen molar-refractivity contribution in [2.24, 2.45) is 0 Å². The monoisotopic (exact) mass is 257 g/mol. The smallest absolute Gasteiger partial charge is 0.157 e. The van der Waals surface area contributed by atoms with Crippen molar-refractivity contribution >= 4 is 15.5 Å². The second-order valence-corrected chi connectivity index (χ2v) is 6.80. The van der Waals surface area contributed by atoms with Crippen molar-refractivity contribution in [3.8, 4) is 0 Å². The molecule has 94 valence electrons. The molecule has 17 heavy (non-hydrogen) atoms. The maximum atomic E-state index is 13.5. The Morgan fingerprint density at radius 1 is 1.29 bits per heavy atom. The number of nitrogen functional groups attached to an aromatic ring is 1. The van der Waals surface area contributed by atoms with Gasteiger partial charge in [0.2, 0.25) is 0 Å². The van der Waals surface area contributed by atoms with E-state index in [1.165, 1.54) is 18.2 Å². The molecule has 5 heteroatoms. The van der Waals surface area contributed by atoms with Crippen molar-refractivity contribution in [2.75, 3.05) is 5.73 Å². The maximum absolute atomic E-state index is 13.5. The summed E-state index contributed by atoms with van der Waals surface area (Å²) in [5.74, 6) is -0.817. The molecule has 3 nitrogen and oxygen atoms in total. The predicted molar refractivity (Wildman–Crippen MR) is 65.7 cm³/mol. The molecule has 0 aliphatic heterocycles. The Labute approximate surface area is 101 Å². The van der Waals surface area contributed by atoms with E-state index < -0.39 is 15.7 Å². The average Bonchev–Trinajstić information content (AvgIpc) is 2.77. The van der Waals surface area contributed by atoms with E-state index in [-0.39, 0.29) is 22.3 Å². The number of hydrogen-bond acceptors (Lipinski definition) is 3. The Bertz CT molecular complexity index is 487. The number of rotatable bonds is 3. The zero-order valence-electron chi connectivity index (χ0n) is 9.52. The van der Waals surface area contributed by atoms with Gasteiger partial charge in [-0.3, -0.25) is 0 Å². The lowest BCUT2D eigenvalue weighted by molar-refractivity contribution is 0.573. The fourth-order valence-corrected chi connectivity index (χ4v) is 4.29. The molecule has 0 saturated heterocycles. The number of anilines is 1. The first-order valence-corrected chi connectivity index (χ1v) is 7.46. The van der Waals surface area contributed by atoms with E-state index in [1.54, 1.807) is 0 Å². The van der Waals surface area contributed by atoms with E-state index in [2.05, 4.69) is 0 Å². The third-order valence-electron chi connectivity index (χ3n) is 3.31. The van der Waals surface area contributed by atoms with Gasteiger partial charge >= 0.3 is 0 Å². The number of hydrogen-bond donors (Lipinski definition) is 1. The van der Waals surface area contributed by atoms with E-state index in [4.69, 9.17) is 5.73 Å². The molecule has 1 fully saturated rings. The molecule has 1 aliphatic carbocycles. The van der Waals surface area contributed by atoms with Crippen molar-refractivity contribution in [3.05, 3.63) is 29.6 Å². The Hall–Kier alpha value is -1.10.